The number of piperazine rings is 1. The van der Waals surface area contributed by atoms with Gasteiger partial charge in [-0.1, -0.05) is 25.1 Å². The van der Waals surface area contributed by atoms with E-state index in [-0.39, 0.29) is 11.2 Å². The van der Waals surface area contributed by atoms with E-state index in [1.165, 1.54) is 21.9 Å². The average Bonchev–Trinajstić information content (AvgIpc) is 3.10. The van der Waals surface area contributed by atoms with Gasteiger partial charge in [0.2, 0.25) is 0 Å². The molecule has 0 saturated carbocycles. The molecule has 0 N–H and O–H groups in total. The van der Waals surface area contributed by atoms with Crippen molar-refractivity contribution in [3.8, 4) is 0 Å². The predicted molar refractivity (Wildman–Crippen MR) is 114 cm³/mol. The molecule has 2 aromatic heterocycles. The Morgan fingerprint density at radius 1 is 0.966 bits per heavy atom. The quantitative estimate of drug-likeness (QED) is 0.648. The van der Waals surface area contributed by atoms with E-state index in [2.05, 4.69) is 41.0 Å². The Labute approximate surface area is 169 Å². The third-order valence-electron chi connectivity index (χ3n) is 5.73. The molecule has 29 heavy (non-hydrogen) atoms. The van der Waals surface area contributed by atoms with Gasteiger partial charge >= 0.3 is 5.69 Å². The molecule has 1 fully saturated rings. The van der Waals surface area contributed by atoms with Gasteiger partial charge in [-0.05, 0) is 18.6 Å². The molecular formula is C21H28N6O2. The van der Waals surface area contributed by atoms with Crippen LogP contribution in [-0.4, -0.2) is 49.8 Å². The van der Waals surface area contributed by atoms with Gasteiger partial charge in [-0.3, -0.25) is 18.8 Å². The number of aromatic nitrogens is 4. The number of para-hydroxylation sites is 1. The molecule has 3 heterocycles. The summed E-state index contributed by atoms with van der Waals surface area (Å²) in [5.41, 5.74) is 1.64. The van der Waals surface area contributed by atoms with Crippen molar-refractivity contribution in [2.45, 2.75) is 26.4 Å². The summed E-state index contributed by atoms with van der Waals surface area (Å²) in [6.07, 6.45) is 0.895. The van der Waals surface area contributed by atoms with Crippen molar-refractivity contribution < 1.29 is 0 Å². The molecule has 1 aliphatic rings. The van der Waals surface area contributed by atoms with Crippen molar-refractivity contribution >= 4 is 16.9 Å². The van der Waals surface area contributed by atoms with Gasteiger partial charge in [0.25, 0.3) is 5.56 Å². The highest BCUT2D eigenvalue weighted by atomic mass is 16.2. The maximum atomic E-state index is 12.8. The second kappa shape index (κ2) is 7.87. The number of benzene rings is 1. The Morgan fingerprint density at radius 2 is 1.66 bits per heavy atom. The Hall–Kier alpha value is -2.87. The van der Waals surface area contributed by atoms with Gasteiger partial charge in [0.05, 0.1) is 6.54 Å². The Balaban J connectivity index is 1.61. The molecule has 1 saturated heterocycles. The van der Waals surface area contributed by atoms with Crippen molar-refractivity contribution in [3.05, 3.63) is 57.0 Å². The summed E-state index contributed by atoms with van der Waals surface area (Å²) < 4.78 is 4.64. The molecule has 0 aliphatic carbocycles. The maximum absolute atomic E-state index is 12.8. The topological polar surface area (TPSA) is 68.3 Å². The van der Waals surface area contributed by atoms with Crippen LogP contribution in [0.5, 0.6) is 0 Å². The summed E-state index contributed by atoms with van der Waals surface area (Å²) in [5, 5.41) is 0. The standard InChI is InChI=1S/C21H28N6O2/c1-4-10-27-17(22-19-18(27)20(28)24(3)21(29)23(19)2)15-25-11-13-26(14-12-25)16-8-6-5-7-9-16/h5-9H,4,10-15H2,1-3H3. The number of imidazole rings is 1. The van der Waals surface area contributed by atoms with Gasteiger partial charge in [0.15, 0.2) is 11.2 Å². The number of fused-ring (bicyclic) bond motifs is 1. The number of nitrogens with zero attached hydrogens (tertiary/aromatic N) is 6. The van der Waals surface area contributed by atoms with Crippen molar-refractivity contribution in [3.63, 3.8) is 0 Å². The lowest BCUT2D eigenvalue weighted by Gasteiger charge is -2.36. The summed E-state index contributed by atoms with van der Waals surface area (Å²) in [6, 6.07) is 10.5. The fourth-order valence-electron chi connectivity index (χ4n) is 4.08. The number of hydrogen-bond acceptors (Lipinski definition) is 5. The zero-order chi connectivity index (χ0) is 20.5. The van der Waals surface area contributed by atoms with E-state index in [1.807, 2.05) is 10.6 Å². The first-order chi connectivity index (χ1) is 14.0. The first-order valence-corrected chi connectivity index (χ1v) is 10.2. The van der Waals surface area contributed by atoms with Crippen LogP contribution in [-0.2, 0) is 27.2 Å². The molecule has 8 nitrogen and oxygen atoms in total. The molecular weight excluding hydrogens is 368 g/mol. The molecule has 0 amide bonds. The van der Waals surface area contributed by atoms with E-state index in [0.717, 1.165) is 38.4 Å². The third-order valence-corrected chi connectivity index (χ3v) is 5.73. The average molecular weight is 396 g/mol. The zero-order valence-electron chi connectivity index (χ0n) is 17.3. The van der Waals surface area contributed by atoms with Gasteiger partial charge < -0.3 is 9.47 Å². The van der Waals surface area contributed by atoms with Gasteiger partial charge in [-0.15, -0.1) is 0 Å². The van der Waals surface area contributed by atoms with Crippen molar-refractivity contribution in [1.82, 2.24) is 23.6 Å². The summed E-state index contributed by atoms with van der Waals surface area (Å²) >= 11 is 0. The van der Waals surface area contributed by atoms with Crippen LogP contribution in [0.15, 0.2) is 39.9 Å². The smallest absolute Gasteiger partial charge is 0.332 e. The molecule has 0 radical (unpaired) electrons. The predicted octanol–water partition coefficient (Wildman–Crippen LogP) is 1.17. The van der Waals surface area contributed by atoms with E-state index in [0.29, 0.717) is 24.3 Å². The molecule has 1 aromatic carbocycles. The van der Waals surface area contributed by atoms with Crippen LogP contribution < -0.4 is 16.1 Å². The molecule has 8 heteroatoms. The minimum atomic E-state index is -0.341. The number of rotatable bonds is 5. The third kappa shape index (κ3) is 3.48. The molecule has 0 spiro atoms. The largest absolute Gasteiger partial charge is 0.369 e. The van der Waals surface area contributed by atoms with Crippen LogP contribution in [0.3, 0.4) is 0 Å². The first-order valence-electron chi connectivity index (χ1n) is 10.2. The lowest BCUT2D eigenvalue weighted by Crippen LogP contribution is -2.46. The van der Waals surface area contributed by atoms with Gasteiger partial charge in [0.1, 0.15) is 5.82 Å². The molecule has 0 bridgehead atoms. The molecule has 4 rings (SSSR count). The van der Waals surface area contributed by atoms with Crippen molar-refractivity contribution in [2.75, 3.05) is 31.1 Å². The monoisotopic (exact) mass is 396 g/mol. The van der Waals surface area contributed by atoms with Gasteiger partial charge in [0, 0.05) is 52.5 Å². The summed E-state index contributed by atoms with van der Waals surface area (Å²) in [7, 11) is 3.20. The number of aryl methyl sites for hydroxylation is 2. The summed E-state index contributed by atoms with van der Waals surface area (Å²) in [6.45, 7) is 7.25. The van der Waals surface area contributed by atoms with Crippen molar-refractivity contribution in [1.29, 1.82) is 0 Å². The minimum Gasteiger partial charge on any atom is -0.369 e. The minimum absolute atomic E-state index is 0.274. The Kier molecular flexibility index (Phi) is 5.27. The highest BCUT2D eigenvalue weighted by Crippen LogP contribution is 2.18. The van der Waals surface area contributed by atoms with Crippen molar-refractivity contribution in [2.24, 2.45) is 14.1 Å². The summed E-state index contributed by atoms with van der Waals surface area (Å²) in [4.78, 5) is 34.6. The molecule has 3 aromatic rings. The Bertz CT molecular complexity index is 1120. The van der Waals surface area contributed by atoms with Crippen LogP contribution in [0.25, 0.3) is 11.2 Å². The lowest BCUT2D eigenvalue weighted by molar-refractivity contribution is 0.241. The van der Waals surface area contributed by atoms with Crippen LogP contribution in [0.2, 0.25) is 0 Å². The van der Waals surface area contributed by atoms with Gasteiger partial charge in [-0.25, -0.2) is 9.78 Å². The maximum Gasteiger partial charge on any atom is 0.332 e. The van der Waals surface area contributed by atoms with E-state index < -0.39 is 0 Å². The highest BCUT2D eigenvalue weighted by molar-refractivity contribution is 5.71. The Morgan fingerprint density at radius 3 is 2.31 bits per heavy atom. The SMILES string of the molecule is CCCn1c(CN2CCN(c3ccccc3)CC2)nc2c1c(=O)n(C)c(=O)n2C. The van der Waals surface area contributed by atoms with Crippen LogP contribution in [0.1, 0.15) is 19.2 Å². The lowest BCUT2D eigenvalue weighted by atomic mass is 10.2. The second-order valence-corrected chi connectivity index (χ2v) is 7.66. The first kappa shape index (κ1) is 19.4. The summed E-state index contributed by atoms with van der Waals surface area (Å²) in [5.74, 6) is 0.855. The van der Waals surface area contributed by atoms with E-state index in [1.54, 1.807) is 7.05 Å². The molecule has 0 unspecified atom stereocenters. The second-order valence-electron chi connectivity index (χ2n) is 7.66. The zero-order valence-corrected chi connectivity index (χ0v) is 17.3. The fourth-order valence-corrected chi connectivity index (χ4v) is 4.08. The fraction of sp³-hybridized carbons (Fsp3) is 0.476. The van der Waals surface area contributed by atoms with Crippen LogP contribution in [0.4, 0.5) is 5.69 Å². The van der Waals surface area contributed by atoms with E-state index >= 15 is 0 Å². The van der Waals surface area contributed by atoms with Crippen LogP contribution >= 0.6 is 0 Å². The number of hydrogen-bond donors (Lipinski definition) is 0. The normalized spacial score (nSPS) is 15.3. The highest BCUT2D eigenvalue weighted by Gasteiger charge is 2.22. The molecule has 0 atom stereocenters. The number of anilines is 1. The van der Waals surface area contributed by atoms with Gasteiger partial charge in [-0.2, -0.15) is 0 Å². The van der Waals surface area contributed by atoms with E-state index in [9.17, 15) is 9.59 Å². The molecule has 154 valence electrons. The van der Waals surface area contributed by atoms with Crippen LogP contribution in [0, 0.1) is 0 Å². The van der Waals surface area contributed by atoms with E-state index in [4.69, 9.17) is 4.98 Å². The molecule has 1 aliphatic heterocycles.